The van der Waals surface area contributed by atoms with Gasteiger partial charge in [-0.15, -0.1) is 0 Å². The fraction of sp³-hybridized carbons (Fsp3) is 0.273. The van der Waals surface area contributed by atoms with Crippen LogP contribution in [0.2, 0.25) is 0 Å². The van der Waals surface area contributed by atoms with Crippen molar-refractivity contribution in [3.63, 3.8) is 0 Å². The Hall–Kier alpha value is -3.08. The van der Waals surface area contributed by atoms with Gasteiger partial charge in [-0.3, -0.25) is 4.79 Å². The van der Waals surface area contributed by atoms with Crippen LogP contribution in [0, 0.1) is 12.8 Å². The third-order valence-corrected chi connectivity index (χ3v) is 3.98. The number of rotatable bonds is 6. The van der Waals surface area contributed by atoms with Gasteiger partial charge in [0.15, 0.2) is 12.4 Å². The summed E-state index contributed by atoms with van der Waals surface area (Å²) in [6, 6.07) is 14.5. The number of esters is 1. The smallest absolute Gasteiger partial charge is 0.344 e. The van der Waals surface area contributed by atoms with Crippen molar-refractivity contribution in [3.8, 4) is 17.1 Å². The molecular formula is C22H22O5. The number of ether oxygens (including phenoxy) is 2. The van der Waals surface area contributed by atoms with E-state index in [0.29, 0.717) is 28.9 Å². The molecule has 0 N–H and O–H groups in total. The van der Waals surface area contributed by atoms with E-state index >= 15 is 0 Å². The van der Waals surface area contributed by atoms with E-state index in [2.05, 4.69) is 0 Å². The van der Waals surface area contributed by atoms with Crippen molar-refractivity contribution in [1.29, 1.82) is 0 Å². The summed E-state index contributed by atoms with van der Waals surface area (Å²) in [6.07, 6.45) is 0. The number of carbonyl (C=O) groups excluding carboxylic acids is 1. The molecule has 0 saturated heterocycles. The first kappa shape index (κ1) is 18.7. The maximum atomic E-state index is 12.9. The maximum absolute atomic E-state index is 12.9. The summed E-state index contributed by atoms with van der Waals surface area (Å²) in [5.74, 6) is 0.0170. The standard InChI is InChI=1S/C22H22O5/c1-14(2)12-25-19(23)13-26-22-20(24)17-6-4-5-7-18(17)27-21(22)16-10-8-15(3)9-11-16/h4-11,14H,12-13H2,1-3H3. The van der Waals surface area contributed by atoms with Crippen molar-refractivity contribution in [3.05, 3.63) is 64.3 Å². The lowest BCUT2D eigenvalue weighted by molar-refractivity contribution is -0.147. The van der Waals surface area contributed by atoms with Gasteiger partial charge in [0, 0.05) is 5.56 Å². The SMILES string of the molecule is Cc1ccc(-c2oc3ccccc3c(=O)c2OCC(=O)OCC(C)C)cc1. The van der Waals surface area contributed by atoms with E-state index in [9.17, 15) is 9.59 Å². The first-order valence-corrected chi connectivity index (χ1v) is 8.87. The molecule has 140 valence electrons. The van der Waals surface area contributed by atoms with Gasteiger partial charge in [0.05, 0.1) is 12.0 Å². The Labute approximate surface area is 157 Å². The third kappa shape index (κ3) is 4.37. The molecule has 3 aromatic rings. The molecule has 5 nitrogen and oxygen atoms in total. The van der Waals surface area contributed by atoms with Crippen LogP contribution in [-0.2, 0) is 9.53 Å². The molecular weight excluding hydrogens is 344 g/mol. The monoisotopic (exact) mass is 366 g/mol. The average molecular weight is 366 g/mol. The lowest BCUT2D eigenvalue weighted by Crippen LogP contribution is -2.20. The van der Waals surface area contributed by atoms with Gasteiger partial charge in [-0.2, -0.15) is 0 Å². The minimum atomic E-state index is -0.522. The van der Waals surface area contributed by atoms with Crippen molar-refractivity contribution in [1.82, 2.24) is 0 Å². The first-order valence-electron chi connectivity index (χ1n) is 8.87. The zero-order valence-electron chi connectivity index (χ0n) is 15.7. The van der Waals surface area contributed by atoms with Crippen LogP contribution in [0.15, 0.2) is 57.7 Å². The Morgan fingerprint density at radius 1 is 1.07 bits per heavy atom. The van der Waals surface area contributed by atoms with Gasteiger partial charge in [0.25, 0.3) is 0 Å². The van der Waals surface area contributed by atoms with Crippen LogP contribution in [-0.4, -0.2) is 19.2 Å². The van der Waals surface area contributed by atoms with Crippen LogP contribution in [0.25, 0.3) is 22.3 Å². The van der Waals surface area contributed by atoms with E-state index in [1.165, 1.54) is 0 Å². The molecule has 0 unspecified atom stereocenters. The van der Waals surface area contributed by atoms with Gasteiger partial charge in [-0.1, -0.05) is 55.8 Å². The Morgan fingerprint density at radius 3 is 2.48 bits per heavy atom. The number of benzene rings is 2. The number of para-hydroxylation sites is 1. The van der Waals surface area contributed by atoms with E-state index in [-0.39, 0.29) is 23.7 Å². The summed E-state index contributed by atoms with van der Waals surface area (Å²) >= 11 is 0. The number of fused-ring (bicyclic) bond motifs is 1. The molecule has 0 amide bonds. The second-order valence-electron chi connectivity index (χ2n) is 6.82. The molecule has 0 fully saturated rings. The van der Waals surface area contributed by atoms with Gasteiger partial charge in [-0.25, -0.2) is 4.79 Å². The van der Waals surface area contributed by atoms with Crippen LogP contribution in [0.3, 0.4) is 0 Å². The predicted octanol–water partition coefficient (Wildman–Crippen LogP) is 4.35. The molecule has 1 heterocycles. The summed E-state index contributed by atoms with van der Waals surface area (Å²) in [7, 11) is 0. The van der Waals surface area contributed by atoms with Gasteiger partial charge in [0.2, 0.25) is 11.2 Å². The van der Waals surface area contributed by atoms with Crippen LogP contribution < -0.4 is 10.2 Å². The van der Waals surface area contributed by atoms with Gasteiger partial charge >= 0.3 is 5.97 Å². The molecule has 1 aromatic heterocycles. The van der Waals surface area contributed by atoms with Crippen LogP contribution >= 0.6 is 0 Å². The van der Waals surface area contributed by atoms with Crippen LogP contribution in [0.4, 0.5) is 0 Å². The lowest BCUT2D eigenvalue weighted by atomic mass is 10.1. The highest BCUT2D eigenvalue weighted by atomic mass is 16.6. The van der Waals surface area contributed by atoms with Crippen molar-refractivity contribution in [2.75, 3.05) is 13.2 Å². The number of aryl methyl sites for hydroxylation is 1. The summed E-state index contributed by atoms with van der Waals surface area (Å²) in [5, 5.41) is 0.402. The normalized spacial score (nSPS) is 11.0. The fourth-order valence-corrected chi connectivity index (χ4v) is 2.58. The second-order valence-corrected chi connectivity index (χ2v) is 6.82. The minimum Gasteiger partial charge on any atom is -0.474 e. The lowest BCUT2D eigenvalue weighted by Gasteiger charge is -2.12. The first-order chi connectivity index (χ1) is 13.0. The fourth-order valence-electron chi connectivity index (χ4n) is 2.58. The van der Waals surface area contributed by atoms with E-state index in [4.69, 9.17) is 13.9 Å². The summed E-state index contributed by atoms with van der Waals surface area (Å²) in [6.45, 7) is 5.82. The molecule has 0 aliphatic rings. The van der Waals surface area contributed by atoms with Crippen molar-refractivity contribution < 1.29 is 18.7 Å². The largest absolute Gasteiger partial charge is 0.474 e. The molecule has 27 heavy (non-hydrogen) atoms. The molecule has 0 aliphatic heterocycles. The third-order valence-electron chi connectivity index (χ3n) is 3.98. The van der Waals surface area contributed by atoms with Crippen molar-refractivity contribution in [2.45, 2.75) is 20.8 Å². The van der Waals surface area contributed by atoms with E-state index < -0.39 is 5.97 Å². The van der Waals surface area contributed by atoms with Crippen LogP contribution in [0.5, 0.6) is 5.75 Å². The number of carbonyl (C=O) groups is 1. The highest BCUT2D eigenvalue weighted by Gasteiger charge is 2.19. The quantitative estimate of drug-likeness (QED) is 0.607. The van der Waals surface area contributed by atoms with Gasteiger partial charge in [-0.05, 0) is 25.0 Å². The molecule has 0 atom stereocenters. The highest BCUT2D eigenvalue weighted by Crippen LogP contribution is 2.31. The summed E-state index contributed by atoms with van der Waals surface area (Å²) in [5.41, 5.74) is 1.94. The molecule has 2 aromatic carbocycles. The molecule has 0 saturated carbocycles. The van der Waals surface area contributed by atoms with E-state index in [1.54, 1.807) is 24.3 Å². The maximum Gasteiger partial charge on any atom is 0.344 e. The zero-order chi connectivity index (χ0) is 19.4. The Balaban J connectivity index is 1.99. The Morgan fingerprint density at radius 2 is 1.78 bits per heavy atom. The van der Waals surface area contributed by atoms with E-state index in [1.807, 2.05) is 45.0 Å². The zero-order valence-corrected chi connectivity index (χ0v) is 15.7. The Kier molecular flexibility index (Phi) is 5.60. The highest BCUT2D eigenvalue weighted by molar-refractivity contribution is 5.82. The predicted molar refractivity (Wildman–Crippen MR) is 104 cm³/mol. The second kappa shape index (κ2) is 8.08. The van der Waals surface area contributed by atoms with Gasteiger partial charge < -0.3 is 13.9 Å². The Bertz CT molecular complexity index is 999. The van der Waals surface area contributed by atoms with Crippen LogP contribution in [0.1, 0.15) is 19.4 Å². The van der Waals surface area contributed by atoms with Crippen molar-refractivity contribution in [2.24, 2.45) is 5.92 Å². The number of hydrogen-bond acceptors (Lipinski definition) is 5. The topological polar surface area (TPSA) is 65.7 Å². The molecule has 3 rings (SSSR count). The van der Waals surface area contributed by atoms with Gasteiger partial charge in [0.1, 0.15) is 5.58 Å². The molecule has 0 spiro atoms. The molecule has 5 heteroatoms. The summed E-state index contributed by atoms with van der Waals surface area (Å²) in [4.78, 5) is 24.8. The molecule has 0 bridgehead atoms. The average Bonchev–Trinajstić information content (AvgIpc) is 2.66. The molecule has 0 radical (unpaired) electrons. The van der Waals surface area contributed by atoms with E-state index in [0.717, 1.165) is 5.56 Å². The molecule has 0 aliphatic carbocycles. The van der Waals surface area contributed by atoms with Crippen molar-refractivity contribution >= 4 is 16.9 Å². The number of hydrogen-bond donors (Lipinski definition) is 0. The summed E-state index contributed by atoms with van der Waals surface area (Å²) < 4.78 is 16.6. The minimum absolute atomic E-state index is 0.0130.